The van der Waals surface area contributed by atoms with E-state index in [1.807, 2.05) is 75.0 Å². The highest BCUT2D eigenvalue weighted by atomic mass is 16.5. The van der Waals surface area contributed by atoms with E-state index in [9.17, 15) is 9.59 Å². The maximum atomic E-state index is 13.4. The van der Waals surface area contributed by atoms with Crippen molar-refractivity contribution in [3.8, 4) is 0 Å². The molecule has 0 saturated heterocycles. The lowest BCUT2D eigenvalue weighted by molar-refractivity contribution is -0.133. The van der Waals surface area contributed by atoms with Crippen LogP contribution in [0.3, 0.4) is 0 Å². The minimum absolute atomic E-state index is 0.0308. The van der Waals surface area contributed by atoms with Gasteiger partial charge in [0.05, 0.1) is 24.1 Å². The Balaban J connectivity index is 1.87. The van der Waals surface area contributed by atoms with Crippen LogP contribution in [0, 0.1) is 6.92 Å². The number of benzene rings is 1. The van der Waals surface area contributed by atoms with Gasteiger partial charge < -0.3 is 19.5 Å². The monoisotopic (exact) mass is 439 g/mol. The highest BCUT2D eigenvalue weighted by Crippen LogP contribution is 2.33. The highest BCUT2D eigenvalue weighted by Gasteiger charge is 2.35. The van der Waals surface area contributed by atoms with E-state index in [0.29, 0.717) is 19.6 Å². The van der Waals surface area contributed by atoms with Crippen molar-refractivity contribution in [2.24, 2.45) is 12.1 Å². The minimum Gasteiger partial charge on any atom is -0.383 e. The van der Waals surface area contributed by atoms with Crippen molar-refractivity contribution in [2.75, 3.05) is 26.8 Å². The zero-order chi connectivity index (χ0) is 23.3. The van der Waals surface area contributed by atoms with E-state index in [-0.39, 0.29) is 30.6 Å². The van der Waals surface area contributed by atoms with Gasteiger partial charge in [-0.25, -0.2) is 9.80 Å². The minimum atomic E-state index is -0.289. The first-order valence-electron chi connectivity index (χ1n) is 10.9. The molecule has 1 atom stereocenters. The van der Waals surface area contributed by atoms with Crippen LogP contribution < -0.4 is 5.32 Å². The van der Waals surface area contributed by atoms with Gasteiger partial charge in [-0.15, -0.1) is 0 Å². The van der Waals surface area contributed by atoms with E-state index in [1.54, 1.807) is 7.11 Å². The average Bonchev–Trinajstić information content (AvgIpc) is 3.37. The lowest BCUT2D eigenvalue weighted by Crippen LogP contribution is -2.48. The second-order valence-electron chi connectivity index (χ2n) is 8.44. The van der Waals surface area contributed by atoms with E-state index < -0.39 is 0 Å². The maximum absolute atomic E-state index is 13.4. The predicted octanol–water partition coefficient (Wildman–Crippen LogP) is 3.08. The molecular weight excluding hydrogens is 406 g/mol. The molecule has 0 radical (unpaired) electrons. The SMILES string of the molecule is COCCN(CC(=O)N1N=C(c2cccn2C)C[C@@H]1c1ccc(C)cc1)C(=O)NC(C)C. The number of aryl methyl sites for hydroxylation is 2. The van der Waals surface area contributed by atoms with Gasteiger partial charge >= 0.3 is 6.03 Å². The number of hydrazone groups is 1. The van der Waals surface area contributed by atoms with Crippen LogP contribution in [0.4, 0.5) is 4.79 Å². The Kier molecular flexibility index (Phi) is 7.69. The largest absolute Gasteiger partial charge is 0.383 e. The number of carbonyl (C=O) groups excluding carboxylic acids is 2. The topological polar surface area (TPSA) is 79.2 Å². The van der Waals surface area contributed by atoms with Gasteiger partial charge in [0.25, 0.3) is 5.91 Å². The van der Waals surface area contributed by atoms with Crippen LogP contribution in [0.15, 0.2) is 47.7 Å². The summed E-state index contributed by atoms with van der Waals surface area (Å²) >= 11 is 0. The first-order chi connectivity index (χ1) is 15.3. The van der Waals surface area contributed by atoms with Crippen LogP contribution in [0.25, 0.3) is 0 Å². The fourth-order valence-electron chi connectivity index (χ4n) is 3.73. The lowest BCUT2D eigenvalue weighted by atomic mass is 9.99. The normalized spacial score (nSPS) is 15.8. The molecule has 0 bridgehead atoms. The molecule has 1 aromatic heterocycles. The summed E-state index contributed by atoms with van der Waals surface area (Å²) in [6.45, 7) is 6.40. The second kappa shape index (κ2) is 10.5. The van der Waals surface area contributed by atoms with Gasteiger partial charge in [-0.1, -0.05) is 29.8 Å². The quantitative estimate of drug-likeness (QED) is 0.687. The fourth-order valence-corrected chi connectivity index (χ4v) is 3.73. The molecule has 8 nitrogen and oxygen atoms in total. The predicted molar refractivity (Wildman–Crippen MR) is 124 cm³/mol. The van der Waals surface area contributed by atoms with Crippen LogP contribution in [0.5, 0.6) is 0 Å². The Morgan fingerprint density at radius 2 is 1.97 bits per heavy atom. The molecule has 0 spiro atoms. The number of carbonyl (C=O) groups is 2. The molecular formula is C24H33N5O3. The van der Waals surface area contributed by atoms with E-state index >= 15 is 0 Å². The number of aromatic nitrogens is 1. The van der Waals surface area contributed by atoms with Gasteiger partial charge in [-0.05, 0) is 38.5 Å². The number of amides is 3. The van der Waals surface area contributed by atoms with Crippen molar-refractivity contribution in [2.45, 2.75) is 39.3 Å². The molecule has 0 saturated carbocycles. The molecule has 2 aromatic rings. The zero-order valence-electron chi connectivity index (χ0n) is 19.5. The molecule has 0 unspecified atom stereocenters. The van der Waals surface area contributed by atoms with Crippen LogP contribution >= 0.6 is 0 Å². The van der Waals surface area contributed by atoms with Crippen LogP contribution in [0.2, 0.25) is 0 Å². The standard InChI is InChI=1S/C24H33N5O3/c1-17(2)25-24(31)28(13-14-32-5)16-23(30)29-22(19-10-8-18(3)9-11-19)15-20(26-29)21-7-6-12-27(21)4/h6-12,17,22H,13-16H2,1-5H3,(H,25,31)/t22-/m1/s1. The molecule has 32 heavy (non-hydrogen) atoms. The van der Waals surface area contributed by atoms with Crippen LogP contribution in [-0.2, 0) is 16.6 Å². The third kappa shape index (κ3) is 5.56. The molecule has 1 aliphatic rings. The molecule has 3 amide bonds. The maximum Gasteiger partial charge on any atom is 0.318 e. The number of nitrogens with one attached hydrogen (secondary N) is 1. The average molecular weight is 440 g/mol. The van der Waals surface area contributed by atoms with Crippen molar-refractivity contribution in [1.82, 2.24) is 19.8 Å². The number of rotatable bonds is 8. The molecule has 0 aliphatic carbocycles. The first kappa shape index (κ1) is 23.5. The molecule has 0 fully saturated rings. The summed E-state index contributed by atoms with van der Waals surface area (Å²) in [4.78, 5) is 27.5. The van der Waals surface area contributed by atoms with Crippen LogP contribution in [0.1, 0.15) is 43.1 Å². The number of ether oxygens (including phenoxy) is 1. The summed E-state index contributed by atoms with van der Waals surface area (Å²) in [7, 11) is 3.54. The molecule has 1 N–H and O–H groups in total. The Labute approximate surface area is 189 Å². The van der Waals surface area contributed by atoms with Gasteiger partial charge in [0.15, 0.2) is 0 Å². The van der Waals surface area contributed by atoms with Crippen LogP contribution in [-0.4, -0.2) is 65.0 Å². The van der Waals surface area contributed by atoms with Gasteiger partial charge in [0.2, 0.25) is 0 Å². The van der Waals surface area contributed by atoms with Gasteiger partial charge in [-0.2, -0.15) is 5.10 Å². The third-order valence-corrected chi connectivity index (χ3v) is 5.46. The second-order valence-corrected chi connectivity index (χ2v) is 8.44. The number of hydrogen-bond acceptors (Lipinski definition) is 4. The number of hydrogen-bond donors (Lipinski definition) is 1. The van der Waals surface area contributed by atoms with Crippen molar-refractivity contribution in [3.63, 3.8) is 0 Å². The number of methoxy groups -OCH3 is 1. The van der Waals surface area contributed by atoms with Gasteiger partial charge in [-0.3, -0.25) is 4.79 Å². The van der Waals surface area contributed by atoms with Crippen molar-refractivity contribution in [3.05, 3.63) is 59.4 Å². The number of urea groups is 1. The molecule has 172 valence electrons. The molecule has 2 heterocycles. The first-order valence-corrected chi connectivity index (χ1v) is 10.9. The summed E-state index contributed by atoms with van der Waals surface area (Å²) in [5.41, 5.74) is 4.01. The third-order valence-electron chi connectivity index (χ3n) is 5.46. The molecule has 1 aromatic carbocycles. The van der Waals surface area contributed by atoms with E-state index in [2.05, 4.69) is 5.32 Å². The summed E-state index contributed by atoms with van der Waals surface area (Å²) in [6.07, 6.45) is 2.58. The van der Waals surface area contributed by atoms with Crippen molar-refractivity contribution < 1.29 is 14.3 Å². The van der Waals surface area contributed by atoms with Crippen molar-refractivity contribution in [1.29, 1.82) is 0 Å². The fraction of sp³-hybridized carbons (Fsp3) is 0.458. The summed E-state index contributed by atoms with van der Waals surface area (Å²) < 4.78 is 7.14. The number of nitrogens with zero attached hydrogens (tertiary/aromatic N) is 4. The lowest BCUT2D eigenvalue weighted by Gasteiger charge is -2.27. The Morgan fingerprint density at radius 3 is 2.56 bits per heavy atom. The van der Waals surface area contributed by atoms with E-state index in [1.165, 1.54) is 9.91 Å². The summed E-state index contributed by atoms with van der Waals surface area (Å²) in [5.74, 6) is -0.227. The van der Waals surface area contributed by atoms with Crippen molar-refractivity contribution >= 4 is 17.6 Å². The molecule has 8 heteroatoms. The summed E-state index contributed by atoms with van der Waals surface area (Å²) in [6, 6.07) is 11.6. The van der Waals surface area contributed by atoms with Gasteiger partial charge in [0, 0.05) is 39.4 Å². The smallest absolute Gasteiger partial charge is 0.318 e. The zero-order valence-corrected chi connectivity index (χ0v) is 19.5. The summed E-state index contributed by atoms with van der Waals surface area (Å²) in [5, 5.41) is 9.11. The Morgan fingerprint density at radius 1 is 1.25 bits per heavy atom. The Bertz CT molecular complexity index is 964. The Hall–Kier alpha value is -3.13. The molecule has 3 rings (SSSR count). The molecule has 1 aliphatic heterocycles. The van der Waals surface area contributed by atoms with Gasteiger partial charge in [0.1, 0.15) is 6.54 Å². The van der Waals surface area contributed by atoms with E-state index in [4.69, 9.17) is 9.84 Å². The van der Waals surface area contributed by atoms with E-state index in [0.717, 1.165) is 22.5 Å². The highest BCUT2D eigenvalue weighted by molar-refractivity contribution is 6.02.